The van der Waals surface area contributed by atoms with Gasteiger partial charge in [-0.1, -0.05) is 12.8 Å². The second kappa shape index (κ2) is 9.34. The Hall–Kier alpha value is -2.81. The van der Waals surface area contributed by atoms with E-state index < -0.39 is 6.10 Å². The van der Waals surface area contributed by atoms with Crippen LogP contribution in [0.1, 0.15) is 61.5 Å². The minimum atomic E-state index is -0.539. The van der Waals surface area contributed by atoms with Crippen LogP contribution >= 0.6 is 0 Å². The van der Waals surface area contributed by atoms with Gasteiger partial charge in [0.25, 0.3) is 11.5 Å². The lowest BCUT2D eigenvalue weighted by atomic mass is 9.93. The van der Waals surface area contributed by atoms with Crippen molar-refractivity contribution in [2.75, 3.05) is 18.0 Å². The lowest BCUT2D eigenvalue weighted by Gasteiger charge is -2.37. The Labute approximate surface area is 175 Å². The number of nitrogens with one attached hydrogen (secondary N) is 1. The molecule has 0 bridgehead atoms. The standard InChI is InChI=1S/C21H28N6O3/c28-18-7-2-1-6-17(18)27-20(29)9-8-19(25-27)26-12-4-3-5-15(26)13-24-21(30)16-14-22-10-11-23-16/h8-11,14-15,17-18,28H,1-7,12-13H2,(H,24,30). The van der Waals surface area contributed by atoms with E-state index in [1.807, 2.05) is 0 Å². The van der Waals surface area contributed by atoms with Crippen molar-refractivity contribution in [3.8, 4) is 0 Å². The van der Waals surface area contributed by atoms with Crippen molar-refractivity contribution in [3.63, 3.8) is 0 Å². The van der Waals surface area contributed by atoms with Gasteiger partial charge in [-0.25, -0.2) is 9.67 Å². The van der Waals surface area contributed by atoms with Crippen molar-refractivity contribution in [1.29, 1.82) is 0 Å². The molecule has 4 rings (SSSR count). The van der Waals surface area contributed by atoms with Crippen LogP contribution in [0.2, 0.25) is 0 Å². The molecular weight excluding hydrogens is 384 g/mol. The Balaban J connectivity index is 1.50. The van der Waals surface area contributed by atoms with Crippen LogP contribution in [0, 0.1) is 0 Å². The number of aromatic nitrogens is 4. The monoisotopic (exact) mass is 412 g/mol. The Kier molecular flexibility index (Phi) is 6.37. The quantitative estimate of drug-likeness (QED) is 0.761. The molecule has 160 valence electrons. The van der Waals surface area contributed by atoms with Gasteiger partial charge < -0.3 is 15.3 Å². The van der Waals surface area contributed by atoms with Crippen LogP contribution in [0.15, 0.2) is 35.5 Å². The maximum Gasteiger partial charge on any atom is 0.271 e. The van der Waals surface area contributed by atoms with Gasteiger partial charge in [-0.3, -0.25) is 14.6 Å². The molecule has 0 aromatic carbocycles. The van der Waals surface area contributed by atoms with Crippen molar-refractivity contribution in [2.45, 2.75) is 63.1 Å². The molecule has 1 saturated heterocycles. The van der Waals surface area contributed by atoms with Crippen molar-refractivity contribution in [3.05, 3.63) is 46.8 Å². The minimum absolute atomic E-state index is 0.0779. The van der Waals surface area contributed by atoms with E-state index in [-0.39, 0.29) is 29.2 Å². The van der Waals surface area contributed by atoms with Gasteiger partial charge in [0.05, 0.1) is 18.3 Å². The van der Waals surface area contributed by atoms with Gasteiger partial charge in [-0.2, -0.15) is 5.10 Å². The third-order valence-corrected chi connectivity index (χ3v) is 6.03. The summed E-state index contributed by atoms with van der Waals surface area (Å²) in [5.74, 6) is 0.461. The van der Waals surface area contributed by atoms with Crippen LogP contribution in [0.5, 0.6) is 0 Å². The van der Waals surface area contributed by atoms with Crippen molar-refractivity contribution in [2.24, 2.45) is 0 Å². The average Bonchev–Trinajstić information content (AvgIpc) is 2.79. The molecule has 9 heteroatoms. The van der Waals surface area contributed by atoms with Gasteiger partial charge in [0, 0.05) is 37.6 Å². The third kappa shape index (κ3) is 4.51. The van der Waals surface area contributed by atoms with E-state index in [4.69, 9.17) is 0 Å². The summed E-state index contributed by atoms with van der Waals surface area (Å²) >= 11 is 0. The smallest absolute Gasteiger partial charge is 0.271 e. The lowest BCUT2D eigenvalue weighted by molar-refractivity contribution is 0.0669. The van der Waals surface area contributed by atoms with E-state index in [1.165, 1.54) is 29.3 Å². The fourth-order valence-electron chi connectivity index (χ4n) is 4.41. The van der Waals surface area contributed by atoms with Crippen LogP contribution < -0.4 is 15.8 Å². The van der Waals surface area contributed by atoms with E-state index in [2.05, 4.69) is 25.3 Å². The number of hydrogen-bond donors (Lipinski definition) is 2. The molecule has 2 aromatic heterocycles. The van der Waals surface area contributed by atoms with Gasteiger partial charge in [-0.15, -0.1) is 0 Å². The second-order valence-electron chi connectivity index (χ2n) is 8.04. The molecule has 3 heterocycles. The van der Waals surface area contributed by atoms with Gasteiger partial charge in [0.2, 0.25) is 0 Å². The second-order valence-corrected chi connectivity index (χ2v) is 8.04. The average molecular weight is 412 g/mol. The lowest BCUT2D eigenvalue weighted by Crippen LogP contribution is -2.48. The molecule has 1 aliphatic heterocycles. The van der Waals surface area contributed by atoms with Gasteiger partial charge in [0.15, 0.2) is 0 Å². The zero-order valence-electron chi connectivity index (χ0n) is 17.0. The highest BCUT2D eigenvalue weighted by Gasteiger charge is 2.29. The van der Waals surface area contributed by atoms with E-state index in [0.29, 0.717) is 18.8 Å². The summed E-state index contributed by atoms with van der Waals surface area (Å²) in [5.41, 5.74) is 0.104. The molecule has 9 nitrogen and oxygen atoms in total. The molecule has 3 atom stereocenters. The number of rotatable bonds is 5. The first-order valence-electron chi connectivity index (χ1n) is 10.7. The van der Waals surface area contributed by atoms with Crippen LogP contribution in [0.25, 0.3) is 0 Å². The molecule has 2 aromatic rings. The summed E-state index contributed by atoms with van der Waals surface area (Å²) < 4.78 is 1.46. The zero-order chi connectivity index (χ0) is 20.9. The first-order valence-corrected chi connectivity index (χ1v) is 10.7. The molecule has 1 aliphatic carbocycles. The molecule has 0 spiro atoms. The minimum Gasteiger partial charge on any atom is -0.391 e. The number of amides is 1. The Morgan fingerprint density at radius 1 is 1.13 bits per heavy atom. The number of carbonyl (C=O) groups excluding carboxylic acids is 1. The predicted octanol–water partition coefficient (Wildman–Crippen LogP) is 1.30. The summed E-state index contributed by atoms with van der Waals surface area (Å²) in [7, 11) is 0. The number of anilines is 1. The van der Waals surface area contributed by atoms with Crippen molar-refractivity contribution < 1.29 is 9.90 Å². The fraction of sp³-hybridized carbons (Fsp3) is 0.571. The van der Waals surface area contributed by atoms with E-state index in [9.17, 15) is 14.7 Å². The predicted molar refractivity (Wildman–Crippen MR) is 111 cm³/mol. The highest BCUT2D eigenvalue weighted by atomic mass is 16.3. The molecular formula is C21H28N6O3. The topological polar surface area (TPSA) is 113 Å². The van der Waals surface area contributed by atoms with E-state index in [0.717, 1.165) is 45.1 Å². The van der Waals surface area contributed by atoms with E-state index in [1.54, 1.807) is 6.07 Å². The molecule has 1 amide bonds. The summed E-state index contributed by atoms with van der Waals surface area (Å²) in [5, 5.41) is 18.0. The first kappa shape index (κ1) is 20.5. The SMILES string of the molecule is O=C(NCC1CCCCN1c1ccc(=O)n(C2CCCCC2O)n1)c1cnccn1. The highest BCUT2D eigenvalue weighted by Crippen LogP contribution is 2.28. The summed E-state index contributed by atoms with van der Waals surface area (Å²) in [6.07, 6.45) is 10.4. The number of nitrogens with zero attached hydrogens (tertiary/aromatic N) is 5. The van der Waals surface area contributed by atoms with Crippen LogP contribution in [-0.4, -0.2) is 56.0 Å². The largest absolute Gasteiger partial charge is 0.391 e. The summed E-state index contributed by atoms with van der Waals surface area (Å²) in [4.78, 5) is 34.9. The Morgan fingerprint density at radius 3 is 2.77 bits per heavy atom. The number of aliphatic hydroxyl groups is 1. The first-order chi connectivity index (χ1) is 14.6. The number of piperidine rings is 1. The maximum atomic E-state index is 12.5. The Bertz CT molecular complexity index is 918. The zero-order valence-corrected chi connectivity index (χ0v) is 17.0. The third-order valence-electron chi connectivity index (χ3n) is 6.03. The molecule has 30 heavy (non-hydrogen) atoms. The summed E-state index contributed by atoms with van der Waals surface area (Å²) in [6.45, 7) is 1.27. The summed E-state index contributed by atoms with van der Waals surface area (Å²) in [6, 6.07) is 3.09. The molecule has 3 unspecified atom stereocenters. The number of aliphatic hydroxyl groups excluding tert-OH is 1. The van der Waals surface area contributed by atoms with Crippen LogP contribution in [0.3, 0.4) is 0 Å². The normalized spacial score (nSPS) is 24.4. The molecule has 2 fully saturated rings. The molecule has 1 saturated carbocycles. The molecule has 2 aliphatic rings. The van der Waals surface area contributed by atoms with Gasteiger partial charge >= 0.3 is 0 Å². The fourth-order valence-corrected chi connectivity index (χ4v) is 4.41. The van der Waals surface area contributed by atoms with Gasteiger partial charge in [-0.05, 0) is 38.2 Å². The molecule has 2 N–H and O–H groups in total. The number of carbonyl (C=O) groups is 1. The van der Waals surface area contributed by atoms with Crippen LogP contribution in [-0.2, 0) is 0 Å². The number of hydrogen-bond acceptors (Lipinski definition) is 7. The Morgan fingerprint density at radius 2 is 1.97 bits per heavy atom. The van der Waals surface area contributed by atoms with E-state index >= 15 is 0 Å². The highest BCUT2D eigenvalue weighted by molar-refractivity contribution is 5.91. The van der Waals surface area contributed by atoms with Gasteiger partial charge in [0.1, 0.15) is 11.5 Å². The van der Waals surface area contributed by atoms with Crippen LogP contribution in [0.4, 0.5) is 5.82 Å². The van der Waals surface area contributed by atoms with Crippen molar-refractivity contribution >= 4 is 11.7 Å². The maximum absolute atomic E-state index is 12.5. The molecule has 0 radical (unpaired) electrons. The van der Waals surface area contributed by atoms with Crippen molar-refractivity contribution in [1.82, 2.24) is 25.1 Å².